The highest BCUT2D eigenvalue weighted by Crippen LogP contribution is 2.40. The molecule has 44 heavy (non-hydrogen) atoms. The van der Waals surface area contributed by atoms with Crippen molar-refractivity contribution >= 4 is 35.1 Å². The number of nitrogens with zero attached hydrogens (tertiary/aromatic N) is 1. The second-order valence-electron chi connectivity index (χ2n) is 10.8. The number of amides is 2. The third-order valence-corrected chi connectivity index (χ3v) is 7.84. The number of esters is 1. The van der Waals surface area contributed by atoms with Crippen molar-refractivity contribution in [3.05, 3.63) is 52.5 Å². The number of benzene rings is 2. The van der Waals surface area contributed by atoms with Gasteiger partial charge in [-0.3, -0.25) is 9.59 Å². The summed E-state index contributed by atoms with van der Waals surface area (Å²) in [4.78, 5) is 38.3. The molecule has 0 radical (unpaired) electrons. The summed E-state index contributed by atoms with van der Waals surface area (Å²) in [5.41, 5.74) is 1.63. The van der Waals surface area contributed by atoms with Gasteiger partial charge >= 0.3 is 12.1 Å². The van der Waals surface area contributed by atoms with Crippen molar-refractivity contribution in [1.82, 2.24) is 10.2 Å². The molecule has 1 heterocycles. The predicted molar refractivity (Wildman–Crippen MR) is 158 cm³/mol. The van der Waals surface area contributed by atoms with Crippen LogP contribution in [0.3, 0.4) is 0 Å². The maximum atomic E-state index is 13.2. The molecule has 0 bridgehead atoms. The Morgan fingerprint density at radius 2 is 1.77 bits per heavy atom. The second-order valence-corrected chi connectivity index (χ2v) is 11.2. The van der Waals surface area contributed by atoms with Crippen LogP contribution < -0.4 is 20.1 Å². The number of rotatable bonds is 14. The van der Waals surface area contributed by atoms with E-state index in [-0.39, 0.29) is 30.0 Å². The van der Waals surface area contributed by atoms with Crippen LogP contribution in [-0.2, 0) is 32.0 Å². The van der Waals surface area contributed by atoms with Gasteiger partial charge in [0.25, 0.3) is 5.91 Å². The minimum atomic E-state index is -5.19. The molecule has 2 aromatic carbocycles. The second kappa shape index (κ2) is 16.1. The van der Waals surface area contributed by atoms with Gasteiger partial charge in [-0.2, -0.15) is 13.2 Å². The zero-order chi connectivity index (χ0) is 31.5. The number of carbonyl (C=O) groups excluding carboxylic acids is 3. The lowest BCUT2D eigenvalue weighted by Gasteiger charge is -2.34. The number of hydrogen-bond donors (Lipinski definition) is 2. The Morgan fingerprint density at radius 3 is 2.50 bits per heavy atom. The maximum Gasteiger partial charge on any atom is 0.491 e. The molecule has 2 aromatic rings. The van der Waals surface area contributed by atoms with Gasteiger partial charge in [0.05, 0.1) is 19.6 Å². The largest absolute Gasteiger partial charge is 0.491 e. The Balaban J connectivity index is 1.26. The summed E-state index contributed by atoms with van der Waals surface area (Å²) in [6, 6.07) is 10.5. The van der Waals surface area contributed by atoms with Crippen LogP contribution in [0.25, 0.3) is 0 Å². The average Bonchev–Trinajstić information content (AvgIpc) is 3.00. The normalized spacial score (nSPS) is 15.2. The Hall–Kier alpha value is -3.35. The summed E-state index contributed by atoms with van der Waals surface area (Å²) in [6.07, 6.45) is 1.59. The molecule has 1 saturated carbocycles. The number of ether oxygens (including phenoxy) is 3. The highest BCUT2D eigenvalue weighted by atomic mass is 35.5. The van der Waals surface area contributed by atoms with Crippen LogP contribution in [0.15, 0.2) is 36.4 Å². The van der Waals surface area contributed by atoms with Crippen LogP contribution in [0.2, 0.25) is 5.02 Å². The topological polar surface area (TPSA) is 106 Å². The number of hydrogen-bond acceptors (Lipinski definition) is 7. The third-order valence-electron chi connectivity index (χ3n) is 7.59. The van der Waals surface area contributed by atoms with Crippen molar-refractivity contribution in [2.75, 3.05) is 44.8 Å². The van der Waals surface area contributed by atoms with E-state index in [1.165, 1.54) is 18.6 Å². The summed E-state index contributed by atoms with van der Waals surface area (Å²) < 4.78 is 53.8. The number of anilines is 1. The SMILES string of the molecule is O=C1COc2c(CCNCCN(C(=O)CCOCCc3ccc(Cl)cc3)C3CCCCC3)ccc(OC(=O)C(F)(F)F)c2N1. The van der Waals surface area contributed by atoms with Gasteiger partial charge in [0.2, 0.25) is 5.91 Å². The molecule has 13 heteroatoms. The minimum absolute atomic E-state index is 0.0624. The first-order valence-electron chi connectivity index (χ1n) is 14.8. The highest BCUT2D eigenvalue weighted by molar-refractivity contribution is 6.30. The van der Waals surface area contributed by atoms with Crippen LogP contribution in [-0.4, -0.2) is 74.4 Å². The molecule has 2 amide bonds. The van der Waals surface area contributed by atoms with E-state index in [1.54, 1.807) is 0 Å². The number of alkyl halides is 3. The van der Waals surface area contributed by atoms with Crippen molar-refractivity contribution in [2.24, 2.45) is 0 Å². The summed E-state index contributed by atoms with van der Waals surface area (Å²) in [6.45, 7) is 2.10. The summed E-state index contributed by atoms with van der Waals surface area (Å²) in [5, 5.41) is 6.45. The van der Waals surface area contributed by atoms with Crippen LogP contribution in [0.5, 0.6) is 11.5 Å². The fourth-order valence-electron chi connectivity index (χ4n) is 5.34. The van der Waals surface area contributed by atoms with Gasteiger partial charge in [-0.25, -0.2) is 4.79 Å². The molecular weight excluding hydrogens is 603 g/mol. The molecule has 0 saturated heterocycles. The average molecular weight is 640 g/mol. The molecule has 0 unspecified atom stereocenters. The Morgan fingerprint density at radius 1 is 1.02 bits per heavy atom. The molecular formula is C31H37ClF3N3O6. The van der Waals surface area contributed by atoms with Crippen LogP contribution in [0.1, 0.15) is 49.7 Å². The Kier molecular flexibility index (Phi) is 12.3. The lowest BCUT2D eigenvalue weighted by Crippen LogP contribution is -2.45. The van der Waals surface area contributed by atoms with E-state index in [0.29, 0.717) is 56.3 Å². The summed E-state index contributed by atoms with van der Waals surface area (Å²) in [5.74, 6) is -3.18. The number of halogens is 4. The van der Waals surface area contributed by atoms with E-state index in [1.807, 2.05) is 29.2 Å². The number of nitrogens with one attached hydrogen (secondary N) is 2. The fraction of sp³-hybridized carbons (Fsp3) is 0.516. The van der Waals surface area contributed by atoms with Crippen molar-refractivity contribution in [1.29, 1.82) is 0 Å². The van der Waals surface area contributed by atoms with E-state index in [0.717, 1.165) is 37.7 Å². The van der Waals surface area contributed by atoms with Crippen molar-refractivity contribution in [2.45, 2.75) is 63.6 Å². The van der Waals surface area contributed by atoms with Gasteiger partial charge in [-0.1, -0.05) is 49.1 Å². The van der Waals surface area contributed by atoms with E-state index < -0.39 is 23.8 Å². The first kappa shape index (κ1) is 33.5. The predicted octanol–water partition coefficient (Wildman–Crippen LogP) is 5.08. The molecule has 2 N–H and O–H groups in total. The minimum Gasteiger partial charge on any atom is -0.481 e. The molecule has 9 nitrogen and oxygen atoms in total. The van der Waals surface area contributed by atoms with Crippen LogP contribution in [0.4, 0.5) is 18.9 Å². The molecule has 2 aliphatic rings. The Labute approximate surface area is 259 Å². The standard InChI is InChI=1S/C31H37ClF3N3O6/c32-23-9-6-21(7-10-23)13-18-42-19-14-27(40)38(24-4-2-1-3-5-24)17-16-36-15-12-22-8-11-25(44-30(41)31(33,34)35)28-29(22)43-20-26(39)37-28/h6-11,24,36H,1-5,12-20H2,(H,37,39). The highest BCUT2D eigenvalue weighted by Gasteiger charge is 2.42. The van der Waals surface area contributed by atoms with Gasteiger partial charge in [-0.05, 0) is 61.6 Å². The lowest BCUT2D eigenvalue weighted by atomic mass is 9.94. The van der Waals surface area contributed by atoms with Crippen molar-refractivity contribution < 1.29 is 41.8 Å². The van der Waals surface area contributed by atoms with Gasteiger partial charge in [0, 0.05) is 24.2 Å². The number of carbonyl (C=O) groups is 3. The molecule has 4 rings (SSSR count). The fourth-order valence-corrected chi connectivity index (χ4v) is 5.47. The lowest BCUT2D eigenvalue weighted by molar-refractivity contribution is -0.189. The molecule has 1 fully saturated rings. The van der Waals surface area contributed by atoms with Gasteiger partial charge in [0.1, 0.15) is 5.69 Å². The molecule has 1 aliphatic heterocycles. The van der Waals surface area contributed by atoms with Gasteiger partial charge in [0.15, 0.2) is 18.1 Å². The zero-order valence-electron chi connectivity index (χ0n) is 24.3. The monoisotopic (exact) mass is 639 g/mol. The van der Waals surface area contributed by atoms with E-state index >= 15 is 0 Å². The third kappa shape index (κ3) is 9.83. The van der Waals surface area contributed by atoms with E-state index in [4.69, 9.17) is 21.1 Å². The summed E-state index contributed by atoms with van der Waals surface area (Å²) in [7, 11) is 0. The van der Waals surface area contributed by atoms with E-state index in [9.17, 15) is 27.6 Å². The first-order valence-corrected chi connectivity index (χ1v) is 15.2. The van der Waals surface area contributed by atoms with Gasteiger partial charge < -0.3 is 29.7 Å². The smallest absolute Gasteiger partial charge is 0.481 e. The molecule has 0 aromatic heterocycles. The molecule has 1 aliphatic carbocycles. The van der Waals surface area contributed by atoms with Crippen LogP contribution >= 0.6 is 11.6 Å². The quantitative estimate of drug-likeness (QED) is 0.169. The molecule has 0 atom stereocenters. The molecule has 0 spiro atoms. The van der Waals surface area contributed by atoms with Crippen LogP contribution in [0, 0.1) is 0 Å². The number of fused-ring (bicyclic) bond motifs is 1. The Bertz CT molecular complexity index is 1290. The van der Waals surface area contributed by atoms with E-state index in [2.05, 4.69) is 15.4 Å². The van der Waals surface area contributed by atoms with Crippen molar-refractivity contribution in [3.63, 3.8) is 0 Å². The maximum absolute atomic E-state index is 13.2. The molecule has 240 valence electrons. The van der Waals surface area contributed by atoms with Gasteiger partial charge in [-0.15, -0.1) is 0 Å². The first-order chi connectivity index (χ1) is 21.1. The summed E-state index contributed by atoms with van der Waals surface area (Å²) >= 11 is 5.93. The van der Waals surface area contributed by atoms with Crippen molar-refractivity contribution in [3.8, 4) is 11.5 Å². The zero-order valence-corrected chi connectivity index (χ0v) is 25.1.